The van der Waals surface area contributed by atoms with Gasteiger partial charge in [0.15, 0.2) is 0 Å². The van der Waals surface area contributed by atoms with Gasteiger partial charge in [0.05, 0.1) is 18.2 Å². The first-order chi connectivity index (χ1) is 13.9. The van der Waals surface area contributed by atoms with Gasteiger partial charge in [-0.05, 0) is 42.5 Å². The molecule has 0 unspecified atom stereocenters. The number of benzene rings is 1. The van der Waals surface area contributed by atoms with E-state index in [4.69, 9.17) is 0 Å². The zero-order chi connectivity index (χ0) is 21.0. The summed E-state index contributed by atoms with van der Waals surface area (Å²) < 4.78 is 57.4. The zero-order valence-electron chi connectivity index (χ0n) is 15.1. The molecule has 0 radical (unpaired) electrons. The van der Waals surface area contributed by atoms with Crippen molar-refractivity contribution < 1.29 is 17.6 Å². The van der Waals surface area contributed by atoms with Crippen molar-refractivity contribution in [2.24, 2.45) is 0 Å². The number of hydrogen-bond donors (Lipinski definition) is 1. The summed E-state index contributed by atoms with van der Waals surface area (Å²) in [5.41, 5.74) is 0.589. The van der Waals surface area contributed by atoms with E-state index in [1.807, 2.05) is 0 Å². The van der Waals surface area contributed by atoms with Gasteiger partial charge in [-0.2, -0.15) is 13.2 Å². The van der Waals surface area contributed by atoms with Crippen molar-refractivity contribution >= 4 is 11.5 Å². The quantitative estimate of drug-likeness (QED) is 0.239. The lowest BCUT2D eigenvalue weighted by Crippen LogP contribution is -2.28. The predicted octanol–water partition coefficient (Wildman–Crippen LogP) is 2.49. The van der Waals surface area contributed by atoms with Crippen LogP contribution < -0.4 is 15.5 Å². The minimum Gasteiger partial charge on any atom is -0.269 e. The molecular weight excluding hydrogens is 388 g/mol. The van der Waals surface area contributed by atoms with Gasteiger partial charge in [-0.15, -0.1) is 0 Å². The largest absolute Gasteiger partial charge is 0.377 e. The molecule has 148 valence electrons. The molecule has 0 aliphatic carbocycles. The lowest BCUT2D eigenvalue weighted by molar-refractivity contribution is 0.0663. The first-order valence-electron chi connectivity index (χ1n) is 8.41. The molecule has 3 rings (SSSR count). The molecule has 0 bridgehead atoms. The summed E-state index contributed by atoms with van der Waals surface area (Å²) in [4.78, 5) is 15.2. The molecule has 0 amide bonds. The molecule has 0 aliphatic heterocycles. The van der Waals surface area contributed by atoms with Gasteiger partial charge in [0.1, 0.15) is 5.82 Å². The Hall–Kier alpha value is -3.71. The Morgan fingerprint density at radius 3 is 2.24 bits per heavy atom. The molecule has 0 saturated heterocycles. The molecular formula is C20H15F4N4O+. The van der Waals surface area contributed by atoms with E-state index in [1.54, 1.807) is 0 Å². The van der Waals surface area contributed by atoms with E-state index in [0.717, 1.165) is 18.3 Å². The van der Waals surface area contributed by atoms with Gasteiger partial charge in [-0.1, -0.05) is 0 Å². The number of halogens is 4. The van der Waals surface area contributed by atoms with E-state index in [9.17, 15) is 22.4 Å². The maximum atomic E-state index is 13.3. The third-order valence-electron chi connectivity index (χ3n) is 4.00. The lowest BCUT2D eigenvalue weighted by Gasteiger charge is -2.05. The average Bonchev–Trinajstić information content (AvgIpc) is 2.71. The Morgan fingerprint density at radius 1 is 1.00 bits per heavy atom. The summed E-state index contributed by atoms with van der Waals surface area (Å²) in [7, 11) is 1.53. The Bertz CT molecular complexity index is 1080. The number of hydrogen-bond acceptors (Lipinski definition) is 2. The molecule has 0 aliphatic rings. The Kier molecular flexibility index (Phi) is 5.90. The van der Waals surface area contributed by atoms with Crippen molar-refractivity contribution in [2.75, 3.05) is 7.05 Å². The molecule has 2 heterocycles. The summed E-state index contributed by atoms with van der Waals surface area (Å²) in [6.45, 7) is -3.01. The maximum Gasteiger partial charge on any atom is 0.377 e. The van der Waals surface area contributed by atoms with Crippen LogP contribution in [0.25, 0.3) is 0 Å². The molecule has 0 fully saturated rings. The first kappa shape index (κ1) is 20.0. The highest BCUT2D eigenvalue weighted by Crippen LogP contribution is 2.11. The second-order valence-corrected chi connectivity index (χ2v) is 5.88. The van der Waals surface area contributed by atoms with Crippen LogP contribution in [0.3, 0.4) is 0 Å². The fraction of sp³-hybridized carbons (Fsp3) is 0.100. The third-order valence-corrected chi connectivity index (χ3v) is 4.00. The van der Waals surface area contributed by atoms with Gasteiger partial charge in [-0.3, -0.25) is 14.7 Å². The fourth-order valence-corrected chi connectivity index (χ4v) is 2.59. The van der Waals surface area contributed by atoms with Crippen LogP contribution in [0, 0.1) is 11.8 Å². The molecule has 1 N–H and O–H groups in total. The minimum atomic E-state index is -3.01. The van der Waals surface area contributed by atoms with Crippen molar-refractivity contribution in [1.82, 2.24) is 19.5 Å². The van der Waals surface area contributed by atoms with Crippen LogP contribution in [0.15, 0.2) is 65.7 Å². The number of aromatic nitrogens is 2. The minimum absolute atomic E-state index is 0.169. The van der Waals surface area contributed by atoms with Crippen molar-refractivity contribution in [2.45, 2.75) is 6.55 Å². The van der Waals surface area contributed by atoms with Gasteiger partial charge in [-0.25, -0.2) is 14.0 Å². The normalized spacial score (nSPS) is 10.6. The first-order valence-corrected chi connectivity index (χ1v) is 8.41. The highest BCUT2D eigenvalue weighted by molar-refractivity contribution is 6.15. The van der Waals surface area contributed by atoms with Gasteiger partial charge in [0.25, 0.3) is 5.56 Å². The van der Waals surface area contributed by atoms with E-state index in [0.29, 0.717) is 16.8 Å². The number of rotatable bonds is 4. The maximum absolute atomic E-state index is 13.3. The van der Waals surface area contributed by atoms with Gasteiger partial charge in [0, 0.05) is 24.0 Å². The molecule has 2 aromatic heterocycles. The smallest absolute Gasteiger partial charge is 0.269 e. The second kappa shape index (κ2) is 8.53. The zero-order valence-corrected chi connectivity index (χ0v) is 15.1. The van der Waals surface area contributed by atoms with E-state index in [1.165, 1.54) is 49.6 Å². The number of pyridine rings is 2. The van der Waals surface area contributed by atoms with Crippen LogP contribution in [0.5, 0.6) is 0 Å². The average molecular weight is 403 g/mol. The summed E-state index contributed by atoms with van der Waals surface area (Å²) >= 11 is 0. The monoisotopic (exact) mass is 403 g/mol. The number of alkyl halides is 2. The fourth-order valence-electron chi connectivity index (χ4n) is 2.59. The van der Waals surface area contributed by atoms with Crippen LogP contribution in [-0.2, 0) is 0 Å². The Labute approximate surface area is 162 Å². The number of amidine groups is 1. The Morgan fingerprint density at radius 2 is 1.66 bits per heavy atom. The molecule has 3 aromatic rings. The second-order valence-electron chi connectivity index (χ2n) is 5.88. The van der Waals surface area contributed by atoms with Crippen molar-refractivity contribution in [3.05, 3.63) is 99.7 Å². The van der Waals surface area contributed by atoms with Gasteiger partial charge in [0.2, 0.25) is 11.7 Å². The van der Waals surface area contributed by atoms with Crippen LogP contribution in [0.1, 0.15) is 23.2 Å². The van der Waals surface area contributed by atoms with Crippen LogP contribution in [-0.4, -0.2) is 28.1 Å². The molecule has 1 aromatic carbocycles. The van der Waals surface area contributed by atoms with Crippen molar-refractivity contribution in [3.63, 3.8) is 0 Å². The van der Waals surface area contributed by atoms with E-state index in [-0.39, 0.29) is 16.0 Å². The molecule has 5 nitrogen and oxygen atoms in total. The topological polar surface area (TPSA) is 61.0 Å². The van der Waals surface area contributed by atoms with Crippen LogP contribution in [0.4, 0.5) is 17.6 Å². The van der Waals surface area contributed by atoms with Gasteiger partial charge < -0.3 is 0 Å². The highest BCUT2D eigenvalue weighted by atomic mass is 19.3. The van der Waals surface area contributed by atoms with Crippen molar-refractivity contribution in [3.8, 4) is 0 Å². The predicted molar refractivity (Wildman–Crippen MR) is 101 cm³/mol. The van der Waals surface area contributed by atoms with E-state index >= 15 is 0 Å². The third kappa shape index (κ3) is 4.59. The van der Waals surface area contributed by atoms with E-state index in [2.05, 4.69) is 15.0 Å². The Balaban J connectivity index is 2.27. The highest BCUT2D eigenvalue weighted by Gasteiger charge is 2.19. The van der Waals surface area contributed by atoms with Crippen molar-refractivity contribution in [1.29, 1.82) is 0 Å². The van der Waals surface area contributed by atoms with E-state index < -0.39 is 23.9 Å². The molecule has 9 heteroatoms. The summed E-state index contributed by atoms with van der Waals surface area (Å²) in [5.74, 6) is -0.968. The summed E-state index contributed by atoms with van der Waals surface area (Å²) in [5, 5.41) is 2.80. The number of nitrogens with zero attached hydrogens (tertiary/aromatic N) is 3. The SMILES string of the molecule is CNC(=[N+]=C(c1ccc(F)cc1)c1ccc(F)nc1)c1ccc(=O)n(C(F)F)c1. The molecule has 0 atom stereocenters. The summed E-state index contributed by atoms with van der Waals surface area (Å²) in [6, 6.07) is 10.4. The van der Waals surface area contributed by atoms with Gasteiger partial charge >= 0.3 is 12.4 Å². The number of nitrogens with one attached hydrogen (secondary N) is 1. The van der Waals surface area contributed by atoms with Crippen LogP contribution in [0.2, 0.25) is 0 Å². The molecule has 0 saturated carbocycles. The molecule has 29 heavy (non-hydrogen) atoms. The lowest BCUT2D eigenvalue weighted by atomic mass is 10.0. The van der Waals surface area contributed by atoms with Crippen LogP contribution >= 0.6 is 0 Å². The summed E-state index contributed by atoms with van der Waals surface area (Å²) in [6.07, 6.45) is 2.23. The molecule has 0 spiro atoms. The standard InChI is InChI=1S/C20H14F4N4O/c1-25-19(14-5-9-17(29)28(11-14)20(23)24)27-18(12-2-6-15(21)7-3-12)13-4-8-16(22)26-10-13/h2-11,20H,1H3/p+1.